The maximum Gasteiger partial charge on any atom is 0.307 e. The molecular formula is C14H27NO2S. The van der Waals surface area contributed by atoms with Gasteiger partial charge >= 0.3 is 5.97 Å². The lowest BCUT2D eigenvalue weighted by Gasteiger charge is -2.32. The average molecular weight is 273 g/mol. The van der Waals surface area contributed by atoms with E-state index in [-0.39, 0.29) is 5.92 Å². The Kier molecular flexibility index (Phi) is 7.08. The molecule has 0 aromatic carbocycles. The number of nitrogens with zero attached hydrogens (tertiary/aromatic N) is 1. The highest BCUT2D eigenvalue weighted by molar-refractivity contribution is 7.99. The van der Waals surface area contributed by atoms with Gasteiger partial charge in [0.2, 0.25) is 0 Å². The van der Waals surface area contributed by atoms with E-state index in [0.29, 0.717) is 11.2 Å². The third-order valence-corrected chi connectivity index (χ3v) is 5.37. The van der Waals surface area contributed by atoms with E-state index in [4.69, 9.17) is 0 Å². The predicted octanol–water partition coefficient (Wildman–Crippen LogP) is 2.95. The summed E-state index contributed by atoms with van der Waals surface area (Å²) in [6, 6.07) is 0. The molecule has 0 radical (unpaired) electrons. The fraction of sp³-hybridized carbons (Fsp3) is 0.929. The summed E-state index contributed by atoms with van der Waals surface area (Å²) in [5, 5.41) is 9.59. The molecule has 4 heteroatoms. The van der Waals surface area contributed by atoms with E-state index in [0.717, 1.165) is 44.6 Å². The third kappa shape index (κ3) is 4.81. The van der Waals surface area contributed by atoms with E-state index >= 15 is 0 Å². The van der Waals surface area contributed by atoms with Crippen molar-refractivity contribution in [2.24, 2.45) is 11.8 Å². The fourth-order valence-corrected chi connectivity index (χ4v) is 4.28. The Labute approximate surface area is 115 Å². The highest BCUT2D eigenvalue weighted by Gasteiger charge is 2.33. The number of aliphatic carboxylic acids is 1. The molecule has 0 spiro atoms. The minimum atomic E-state index is -0.595. The van der Waals surface area contributed by atoms with Gasteiger partial charge in [0, 0.05) is 17.5 Å². The molecule has 0 bridgehead atoms. The van der Waals surface area contributed by atoms with E-state index in [1.165, 1.54) is 0 Å². The zero-order chi connectivity index (χ0) is 13.5. The monoisotopic (exact) mass is 273 g/mol. The van der Waals surface area contributed by atoms with Crippen LogP contribution >= 0.6 is 11.8 Å². The molecule has 3 nitrogen and oxygen atoms in total. The van der Waals surface area contributed by atoms with Gasteiger partial charge in [-0.1, -0.05) is 20.8 Å². The Morgan fingerprint density at radius 2 is 2.00 bits per heavy atom. The van der Waals surface area contributed by atoms with Crippen LogP contribution in [0.4, 0.5) is 0 Å². The normalized spacial score (nSPS) is 28.6. The summed E-state index contributed by atoms with van der Waals surface area (Å²) < 4.78 is 0. The maximum absolute atomic E-state index is 11.3. The topological polar surface area (TPSA) is 40.5 Å². The van der Waals surface area contributed by atoms with Crippen molar-refractivity contribution in [3.63, 3.8) is 0 Å². The van der Waals surface area contributed by atoms with Gasteiger partial charge in [0.15, 0.2) is 0 Å². The summed E-state index contributed by atoms with van der Waals surface area (Å²) in [5.74, 6) is 1.03. The Morgan fingerprint density at radius 3 is 2.56 bits per heavy atom. The summed E-state index contributed by atoms with van der Waals surface area (Å²) in [6.07, 6.45) is 3.00. The first kappa shape index (κ1) is 15.8. The summed E-state index contributed by atoms with van der Waals surface area (Å²) in [4.78, 5) is 13.7. The molecule has 0 aliphatic heterocycles. The first-order chi connectivity index (χ1) is 8.58. The molecule has 106 valence electrons. The highest BCUT2D eigenvalue weighted by Crippen LogP contribution is 2.36. The largest absolute Gasteiger partial charge is 0.481 e. The van der Waals surface area contributed by atoms with Crippen molar-refractivity contribution in [1.29, 1.82) is 0 Å². The Morgan fingerprint density at radius 1 is 1.33 bits per heavy atom. The number of hydrogen-bond acceptors (Lipinski definition) is 3. The van der Waals surface area contributed by atoms with Crippen LogP contribution in [0.25, 0.3) is 0 Å². The molecule has 0 aromatic heterocycles. The zero-order valence-electron chi connectivity index (χ0n) is 11.9. The van der Waals surface area contributed by atoms with E-state index in [1.54, 1.807) is 0 Å². The lowest BCUT2D eigenvalue weighted by atomic mass is 9.82. The van der Waals surface area contributed by atoms with E-state index in [9.17, 15) is 9.90 Å². The van der Waals surface area contributed by atoms with Crippen LogP contribution in [-0.4, -0.2) is 46.6 Å². The molecule has 1 N–H and O–H groups in total. The van der Waals surface area contributed by atoms with Gasteiger partial charge in [-0.2, -0.15) is 11.8 Å². The van der Waals surface area contributed by atoms with Crippen molar-refractivity contribution >= 4 is 17.7 Å². The van der Waals surface area contributed by atoms with Crippen LogP contribution < -0.4 is 0 Å². The third-order valence-electron chi connectivity index (χ3n) is 4.00. The van der Waals surface area contributed by atoms with Crippen molar-refractivity contribution < 1.29 is 9.90 Å². The minimum Gasteiger partial charge on any atom is -0.481 e. The van der Waals surface area contributed by atoms with Crippen molar-refractivity contribution in [1.82, 2.24) is 4.90 Å². The number of rotatable bonds is 7. The van der Waals surface area contributed by atoms with Crippen molar-refractivity contribution in [3.8, 4) is 0 Å². The molecule has 0 heterocycles. The molecule has 0 saturated heterocycles. The Balaban J connectivity index is 2.39. The highest BCUT2D eigenvalue weighted by atomic mass is 32.2. The van der Waals surface area contributed by atoms with Gasteiger partial charge in [-0.15, -0.1) is 0 Å². The van der Waals surface area contributed by atoms with Crippen LogP contribution in [0.1, 0.15) is 40.0 Å². The Bertz CT molecular complexity index is 256. The van der Waals surface area contributed by atoms with E-state index in [2.05, 4.69) is 25.7 Å². The summed E-state index contributed by atoms with van der Waals surface area (Å²) in [7, 11) is 0. The van der Waals surface area contributed by atoms with Gasteiger partial charge in [0.25, 0.3) is 0 Å². The predicted molar refractivity (Wildman–Crippen MR) is 78.2 cm³/mol. The van der Waals surface area contributed by atoms with Crippen LogP contribution in [0.2, 0.25) is 0 Å². The lowest BCUT2D eigenvalue weighted by Crippen LogP contribution is -2.33. The molecule has 1 aliphatic rings. The van der Waals surface area contributed by atoms with Crippen LogP contribution in [-0.2, 0) is 4.79 Å². The lowest BCUT2D eigenvalue weighted by molar-refractivity contribution is -0.142. The summed E-state index contributed by atoms with van der Waals surface area (Å²) >= 11 is 1.87. The first-order valence-electron chi connectivity index (χ1n) is 7.15. The number of thioether (sulfide) groups is 1. The zero-order valence-corrected chi connectivity index (χ0v) is 12.7. The average Bonchev–Trinajstić information content (AvgIpc) is 2.34. The van der Waals surface area contributed by atoms with Crippen LogP contribution in [0, 0.1) is 11.8 Å². The molecule has 3 atom stereocenters. The number of hydrogen-bond donors (Lipinski definition) is 1. The minimum absolute atomic E-state index is 0.122. The second-order valence-electron chi connectivity index (χ2n) is 5.30. The van der Waals surface area contributed by atoms with Gasteiger partial charge in [0.1, 0.15) is 0 Å². The molecule has 1 fully saturated rings. The number of carboxylic acids is 1. The maximum atomic E-state index is 11.3. The summed E-state index contributed by atoms with van der Waals surface area (Å²) in [6.45, 7) is 9.85. The molecule has 1 aliphatic carbocycles. The fourth-order valence-electron chi connectivity index (χ4n) is 2.67. The van der Waals surface area contributed by atoms with Crippen LogP contribution in [0.5, 0.6) is 0 Å². The number of carbonyl (C=O) groups is 1. The quantitative estimate of drug-likeness (QED) is 0.774. The molecule has 3 unspecified atom stereocenters. The van der Waals surface area contributed by atoms with Gasteiger partial charge in [-0.3, -0.25) is 4.79 Å². The molecule has 0 aromatic rings. The van der Waals surface area contributed by atoms with Crippen molar-refractivity contribution in [2.75, 3.05) is 25.4 Å². The molecular weight excluding hydrogens is 246 g/mol. The van der Waals surface area contributed by atoms with Crippen molar-refractivity contribution in [2.45, 2.75) is 45.3 Å². The second kappa shape index (κ2) is 8.05. The molecule has 18 heavy (non-hydrogen) atoms. The van der Waals surface area contributed by atoms with Gasteiger partial charge < -0.3 is 10.0 Å². The number of carboxylic acid groups (broad SMARTS) is 1. The standard InChI is InChI=1S/C14H27NO2S/c1-4-15(5-2)8-9-18-13-10-11(3)6-7-12(13)14(16)17/h11-13H,4-10H2,1-3H3,(H,16,17). The smallest absolute Gasteiger partial charge is 0.307 e. The van der Waals surface area contributed by atoms with Gasteiger partial charge in [-0.05, 0) is 38.3 Å². The molecule has 1 saturated carbocycles. The SMILES string of the molecule is CCN(CC)CCSC1CC(C)CCC1C(=O)O. The Hall–Kier alpha value is -0.220. The van der Waals surface area contributed by atoms with E-state index < -0.39 is 5.97 Å². The molecule has 0 amide bonds. The van der Waals surface area contributed by atoms with Crippen molar-refractivity contribution in [3.05, 3.63) is 0 Å². The van der Waals surface area contributed by atoms with E-state index in [1.807, 2.05) is 11.8 Å². The van der Waals surface area contributed by atoms with Gasteiger partial charge in [0.05, 0.1) is 5.92 Å². The second-order valence-corrected chi connectivity index (χ2v) is 6.65. The van der Waals surface area contributed by atoms with Crippen LogP contribution in [0.3, 0.4) is 0 Å². The molecule has 1 rings (SSSR count). The summed E-state index contributed by atoms with van der Waals surface area (Å²) in [5.41, 5.74) is 0. The van der Waals surface area contributed by atoms with Gasteiger partial charge in [-0.25, -0.2) is 0 Å². The van der Waals surface area contributed by atoms with Crippen LogP contribution in [0.15, 0.2) is 0 Å². The first-order valence-corrected chi connectivity index (χ1v) is 8.20.